The number of aryl methyl sites for hydroxylation is 1. The Morgan fingerprint density at radius 3 is 2.18 bits per heavy atom. The Balaban J connectivity index is 1.69. The van der Waals surface area contributed by atoms with Crippen LogP contribution in [0.15, 0.2) is 47.4 Å². The van der Waals surface area contributed by atoms with E-state index < -0.39 is 27.7 Å². The maximum atomic E-state index is 13.4. The minimum atomic E-state index is -4.36. The highest BCUT2D eigenvalue weighted by molar-refractivity contribution is 7.89. The largest absolute Gasteiger partial charge is 0.481 e. The lowest BCUT2D eigenvalue weighted by molar-refractivity contribution is -0.138. The molecule has 1 aliphatic heterocycles. The van der Waals surface area contributed by atoms with Crippen LogP contribution in [0, 0.1) is 6.92 Å². The highest BCUT2D eigenvalue weighted by Crippen LogP contribution is 2.30. The van der Waals surface area contributed by atoms with E-state index in [1.165, 1.54) is 28.6 Å². The van der Waals surface area contributed by atoms with Crippen molar-refractivity contribution in [3.8, 4) is 0 Å². The molecule has 6 nitrogen and oxygen atoms in total. The molecule has 0 radical (unpaired) electrons. The van der Waals surface area contributed by atoms with Gasteiger partial charge < -0.3 is 5.11 Å². The molecular formula is C24H29F3N2O4S. The summed E-state index contributed by atoms with van der Waals surface area (Å²) in [6.45, 7) is 6.96. The Kier molecular flexibility index (Phi) is 7.74. The maximum Gasteiger partial charge on any atom is 0.416 e. The van der Waals surface area contributed by atoms with Gasteiger partial charge in [0, 0.05) is 31.7 Å². The average Bonchev–Trinajstić information content (AvgIpc) is 2.72. The minimum Gasteiger partial charge on any atom is -0.481 e. The molecule has 2 atom stereocenters. The zero-order chi connectivity index (χ0) is 25.3. The van der Waals surface area contributed by atoms with Crippen molar-refractivity contribution in [2.24, 2.45) is 0 Å². The highest BCUT2D eigenvalue weighted by atomic mass is 32.2. The second kappa shape index (κ2) is 10.1. The molecule has 1 N–H and O–H groups in total. The summed E-state index contributed by atoms with van der Waals surface area (Å²) in [4.78, 5) is 13.3. The van der Waals surface area contributed by atoms with E-state index in [2.05, 4.69) is 4.90 Å². The van der Waals surface area contributed by atoms with E-state index in [1.54, 1.807) is 13.0 Å². The van der Waals surface area contributed by atoms with Gasteiger partial charge in [-0.15, -0.1) is 0 Å². The van der Waals surface area contributed by atoms with Gasteiger partial charge in [0.1, 0.15) is 0 Å². The molecule has 3 rings (SSSR count). The number of carbonyl (C=O) groups is 1. The monoisotopic (exact) mass is 498 g/mol. The van der Waals surface area contributed by atoms with Crippen molar-refractivity contribution in [3.05, 3.63) is 64.7 Å². The maximum absolute atomic E-state index is 13.4. The summed E-state index contributed by atoms with van der Waals surface area (Å²) in [5.41, 5.74) is 1.29. The molecule has 0 saturated carbocycles. The third-order valence-electron chi connectivity index (χ3n) is 6.15. The third-order valence-corrected chi connectivity index (χ3v) is 8.27. The summed E-state index contributed by atoms with van der Waals surface area (Å²) in [5.74, 6) is -1.03. The standard InChI is InChI=1S/C24H29F3N2O4S/c1-16-4-9-22(12-20(16)13-23(30)31)34(32,33)29-17(2)14-28(15-18(29)3)11-10-19-5-7-21(8-6-19)24(25,26)27/h4-9,12,17-18H,10-11,13-15H2,1-3H3,(H,30,31). The molecule has 2 aromatic rings. The van der Waals surface area contributed by atoms with Crippen LogP contribution in [0.25, 0.3) is 0 Å². The Labute approximate surface area is 198 Å². The van der Waals surface area contributed by atoms with Gasteiger partial charge in [-0.25, -0.2) is 8.42 Å². The summed E-state index contributed by atoms with van der Waals surface area (Å²) in [5, 5.41) is 9.11. The molecule has 10 heteroatoms. The SMILES string of the molecule is Cc1ccc(S(=O)(=O)N2C(C)CN(CCc3ccc(C(F)(F)F)cc3)CC2C)cc1CC(=O)O. The molecule has 0 spiro atoms. The number of nitrogens with zero attached hydrogens (tertiary/aromatic N) is 2. The van der Waals surface area contributed by atoms with Crippen LogP contribution in [0.1, 0.15) is 36.1 Å². The van der Waals surface area contributed by atoms with Gasteiger partial charge in [0.2, 0.25) is 10.0 Å². The fourth-order valence-electron chi connectivity index (χ4n) is 4.50. The first-order chi connectivity index (χ1) is 15.8. The van der Waals surface area contributed by atoms with Crippen LogP contribution in [-0.2, 0) is 33.8 Å². The number of sulfonamides is 1. The molecule has 2 unspecified atom stereocenters. The van der Waals surface area contributed by atoms with E-state index in [-0.39, 0.29) is 23.4 Å². The van der Waals surface area contributed by atoms with Crippen LogP contribution >= 0.6 is 0 Å². The summed E-state index contributed by atoms with van der Waals surface area (Å²) in [6, 6.07) is 9.01. The normalized spacial score (nSPS) is 20.4. The van der Waals surface area contributed by atoms with Gasteiger partial charge in [0.05, 0.1) is 16.9 Å². The van der Waals surface area contributed by atoms with Gasteiger partial charge in [0.25, 0.3) is 0 Å². The Morgan fingerprint density at radius 1 is 1.06 bits per heavy atom. The van der Waals surface area contributed by atoms with Crippen molar-refractivity contribution in [1.82, 2.24) is 9.21 Å². The quantitative estimate of drug-likeness (QED) is 0.625. The Morgan fingerprint density at radius 2 is 1.65 bits per heavy atom. The zero-order valence-electron chi connectivity index (χ0n) is 19.3. The topological polar surface area (TPSA) is 77.9 Å². The van der Waals surface area contributed by atoms with Crippen LogP contribution < -0.4 is 0 Å². The number of alkyl halides is 3. The summed E-state index contributed by atoms with van der Waals surface area (Å²) >= 11 is 0. The van der Waals surface area contributed by atoms with E-state index in [1.807, 2.05) is 13.8 Å². The number of piperazine rings is 1. The minimum absolute atomic E-state index is 0.0752. The van der Waals surface area contributed by atoms with E-state index >= 15 is 0 Å². The predicted octanol–water partition coefficient (Wildman–Crippen LogP) is 3.97. The second-order valence-electron chi connectivity index (χ2n) is 8.90. The van der Waals surface area contributed by atoms with Gasteiger partial charge in [-0.1, -0.05) is 18.2 Å². The van der Waals surface area contributed by atoms with Gasteiger partial charge in [-0.3, -0.25) is 9.69 Å². The third kappa shape index (κ3) is 5.97. The van der Waals surface area contributed by atoms with Gasteiger partial charge in [0.15, 0.2) is 0 Å². The van der Waals surface area contributed by atoms with Crippen LogP contribution in [0.2, 0.25) is 0 Å². The molecule has 1 saturated heterocycles. The highest BCUT2D eigenvalue weighted by Gasteiger charge is 2.38. The predicted molar refractivity (Wildman–Crippen MR) is 122 cm³/mol. The Hall–Kier alpha value is -2.43. The lowest BCUT2D eigenvalue weighted by atomic mass is 10.1. The van der Waals surface area contributed by atoms with E-state index in [0.717, 1.165) is 23.3 Å². The van der Waals surface area contributed by atoms with E-state index in [4.69, 9.17) is 5.11 Å². The fourth-order valence-corrected chi connectivity index (χ4v) is 6.36. The first-order valence-corrected chi connectivity index (χ1v) is 12.5. The Bertz CT molecular complexity index is 1120. The number of benzene rings is 2. The molecule has 186 valence electrons. The summed E-state index contributed by atoms with van der Waals surface area (Å²) < 4.78 is 66.6. The van der Waals surface area contributed by atoms with E-state index in [9.17, 15) is 26.4 Å². The second-order valence-corrected chi connectivity index (χ2v) is 10.7. The van der Waals surface area contributed by atoms with Crippen molar-refractivity contribution >= 4 is 16.0 Å². The van der Waals surface area contributed by atoms with Crippen molar-refractivity contribution in [2.75, 3.05) is 19.6 Å². The van der Waals surface area contributed by atoms with Gasteiger partial charge in [-0.05, 0) is 68.1 Å². The summed E-state index contributed by atoms with van der Waals surface area (Å²) in [7, 11) is -3.84. The zero-order valence-corrected chi connectivity index (χ0v) is 20.2. The van der Waals surface area contributed by atoms with Crippen LogP contribution in [0.4, 0.5) is 13.2 Å². The number of aliphatic carboxylic acids is 1. The first kappa shape index (κ1) is 26.2. The lowest BCUT2D eigenvalue weighted by Crippen LogP contribution is -2.58. The van der Waals surface area contributed by atoms with Crippen LogP contribution in [0.3, 0.4) is 0 Å². The number of rotatable bonds is 7. The van der Waals surface area contributed by atoms with Crippen molar-refractivity contribution in [1.29, 1.82) is 0 Å². The number of hydrogen-bond donors (Lipinski definition) is 1. The van der Waals surface area contributed by atoms with Crippen molar-refractivity contribution < 1.29 is 31.5 Å². The molecule has 0 amide bonds. The molecule has 34 heavy (non-hydrogen) atoms. The van der Waals surface area contributed by atoms with Crippen LogP contribution in [-0.4, -0.2) is 60.4 Å². The summed E-state index contributed by atoms with van der Waals surface area (Å²) in [6.07, 6.45) is -4.06. The fraction of sp³-hybridized carbons (Fsp3) is 0.458. The number of carboxylic acid groups (broad SMARTS) is 1. The molecule has 0 bridgehead atoms. The number of halogens is 3. The molecule has 1 aliphatic rings. The smallest absolute Gasteiger partial charge is 0.416 e. The number of hydrogen-bond acceptors (Lipinski definition) is 4. The lowest BCUT2D eigenvalue weighted by Gasteiger charge is -2.43. The number of carboxylic acids is 1. The molecule has 1 fully saturated rings. The first-order valence-electron chi connectivity index (χ1n) is 11.0. The van der Waals surface area contributed by atoms with Crippen molar-refractivity contribution in [3.63, 3.8) is 0 Å². The van der Waals surface area contributed by atoms with Crippen LogP contribution in [0.5, 0.6) is 0 Å². The molecule has 1 heterocycles. The van der Waals surface area contributed by atoms with E-state index in [0.29, 0.717) is 31.6 Å². The molecule has 0 aliphatic carbocycles. The molecular weight excluding hydrogens is 469 g/mol. The van der Waals surface area contributed by atoms with Gasteiger partial charge >= 0.3 is 12.1 Å². The average molecular weight is 499 g/mol. The van der Waals surface area contributed by atoms with Crippen molar-refractivity contribution in [2.45, 2.75) is 56.8 Å². The molecule has 0 aromatic heterocycles. The van der Waals surface area contributed by atoms with Gasteiger partial charge in [-0.2, -0.15) is 17.5 Å². The molecule has 2 aromatic carbocycles.